The molecule has 0 atom stereocenters. The molecule has 1 aliphatic rings. The van der Waals surface area contributed by atoms with Crippen molar-refractivity contribution in [3.05, 3.63) is 24.0 Å². The lowest BCUT2D eigenvalue weighted by atomic mass is 10.0. The lowest BCUT2D eigenvalue weighted by Crippen LogP contribution is -2.30. The SMILES string of the molecule is CCCC1(CNC(=O)c2cnccc2NC)CC1. The molecule has 4 heteroatoms. The van der Waals surface area contributed by atoms with Crippen LogP contribution in [-0.2, 0) is 0 Å². The average Bonchev–Trinajstić information content (AvgIpc) is 3.16. The lowest BCUT2D eigenvalue weighted by molar-refractivity contribution is 0.0944. The van der Waals surface area contributed by atoms with Gasteiger partial charge in [-0.2, -0.15) is 0 Å². The normalized spacial score (nSPS) is 16.1. The van der Waals surface area contributed by atoms with Crippen LogP contribution in [0.4, 0.5) is 5.69 Å². The smallest absolute Gasteiger partial charge is 0.254 e. The molecule has 98 valence electrons. The third-order valence-electron chi connectivity index (χ3n) is 3.70. The maximum absolute atomic E-state index is 12.1. The van der Waals surface area contributed by atoms with Gasteiger partial charge in [0.25, 0.3) is 5.91 Å². The van der Waals surface area contributed by atoms with E-state index < -0.39 is 0 Å². The first-order chi connectivity index (χ1) is 8.71. The predicted octanol–water partition coefficient (Wildman–Crippen LogP) is 2.43. The maximum atomic E-state index is 12.1. The van der Waals surface area contributed by atoms with E-state index in [-0.39, 0.29) is 5.91 Å². The molecular weight excluding hydrogens is 226 g/mol. The summed E-state index contributed by atoms with van der Waals surface area (Å²) in [4.78, 5) is 16.1. The quantitative estimate of drug-likeness (QED) is 0.811. The van der Waals surface area contributed by atoms with E-state index in [9.17, 15) is 4.79 Å². The highest BCUT2D eigenvalue weighted by atomic mass is 16.1. The van der Waals surface area contributed by atoms with Crippen LogP contribution in [0.5, 0.6) is 0 Å². The Hall–Kier alpha value is -1.58. The van der Waals surface area contributed by atoms with Gasteiger partial charge in [-0.3, -0.25) is 9.78 Å². The van der Waals surface area contributed by atoms with Crippen molar-refractivity contribution in [1.82, 2.24) is 10.3 Å². The van der Waals surface area contributed by atoms with Gasteiger partial charge in [-0.25, -0.2) is 0 Å². The van der Waals surface area contributed by atoms with Crippen LogP contribution in [0.3, 0.4) is 0 Å². The highest BCUT2D eigenvalue weighted by molar-refractivity contribution is 5.99. The molecule has 0 bridgehead atoms. The Morgan fingerprint density at radius 3 is 2.89 bits per heavy atom. The Morgan fingerprint density at radius 1 is 1.50 bits per heavy atom. The zero-order valence-corrected chi connectivity index (χ0v) is 11.1. The molecular formula is C14H21N3O. The van der Waals surface area contributed by atoms with Gasteiger partial charge in [-0.1, -0.05) is 13.3 Å². The lowest BCUT2D eigenvalue weighted by Gasteiger charge is -2.15. The van der Waals surface area contributed by atoms with E-state index in [0.717, 1.165) is 12.2 Å². The topological polar surface area (TPSA) is 54.0 Å². The first-order valence-electron chi connectivity index (χ1n) is 6.61. The molecule has 0 spiro atoms. The van der Waals surface area contributed by atoms with Crippen molar-refractivity contribution in [2.75, 3.05) is 18.9 Å². The molecule has 1 fully saturated rings. The molecule has 4 nitrogen and oxygen atoms in total. The van der Waals surface area contributed by atoms with Gasteiger partial charge in [-0.15, -0.1) is 0 Å². The third kappa shape index (κ3) is 2.81. The third-order valence-corrected chi connectivity index (χ3v) is 3.70. The molecule has 0 radical (unpaired) electrons. The summed E-state index contributed by atoms with van der Waals surface area (Å²) in [7, 11) is 1.81. The number of nitrogens with one attached hydrogen (secondary N) is 2. The van der Waals surface area contributed by atoms with E-state index in [2.05, 4.69) is 22.5 Å². The van der Waals surface area contributed by atoms with Gasteiger partial charge < -0.3 is 10.6 Å². The molecule has 0 saturated heterocycles. The molecule has 0 aromatic carbocycles. The fourth-order valence-electron chi connectivity index (χ4n) is 2.38. The number of hydrogen-bond acceptors (Lipinski definition) is 3. The van der Waals surface area contributed by atoms with Crippen molar-refractivity contribution in [2.45, 2.75) is 32.6 Å². The van der Waals surface area contributed by atoms with Crippen LogP contribution in [0.2, 0.25) is 0 Å². The Kier molecular flexibility index (Phi) is 3.84. The summed E-state index contributed by atoms with van der Waals surface area (Å²) in [5.74, 6) is -0.0326. The van der Waals surface area contributed by atoms with E-state index in [1.807, 2.05) is 13.1 Å². The van der Waals surface area contributed by atoms with Crippen LogP contribution < -0.4 is 10.6 Å². The van der Waals surface area contributed by atoms with Crippen molar-refractivity contribution in [3.63, 3.8) is 0 Å². The number of nitrogens with zero attached hydrogens (tertiary/aromatic N) is 1. The Morgan fingerprint density at radius 2 is 2.28 bits per heavy atom. The van der Waals surface area contributed by atoms with E-state index in [1.54, 1.807) is 12.4 Å². The summed E-state index contributed by atoms with van der Waals surface area (Å²) in [6, 6.07) is 1.81. The minimum atomic E-state index is -0.0326. The van der Waals surface area contributed by atoms with Gasteiger partial charge in [0, 0.05) is 31.7 Å². The van der Waals surface area contributed by atoms with E-state index >= 15 is 0 Å². The van der Waals surface area contributed by atoms with Crippen molar-refractivity contribution < 1.29 is 4.79 Å². The second kappa shape index (κ2) is 5.38. The summed E-state index contributed by atoms with van der Waals surface area (Å²) >= 11 is 0. The molecule has 1 aromatic rings. The van der Waals surface area contributed by atoms with Crippen molar-refractivity contribution >= 4 is 11.6 Å². The van der Waals surface area contributed by atoms with Crippen molar-refractivity contribution in [3.8, 4) is 0 Å². The second-order valence-corrected chi connectivity index (χ2v) is 5.10. The molecule has 1 aromatic heterocycles. The number of anilines is 1. The van der Waals surface area contributed by atoms with Crippen molar-refractivity contribution in [1.29, 1.82) is 0 Å². The summed E-state index contributed by atoms with van der Waals surface area (Å²) < 4.78 is 0. The van der Waals surface area contributed by atoms with Gasteiger partial charge in [0.05, 0.1) is 5.56 Å². The summed E-state index contributed by atoms with van der Waals surface area (Å²) in [5.41, 5.74) is 1.82. The number of hydrogen-bond donors (Lipinski definition) is 2. The Bertz CT molecular complexity index is 427. The molecule has 2 N–H and O–H groups in total. The minimum Gasteiger partial charge on any atom is -0.387 e. The van der Waals surface area contributed by atoms with Crippen LogP contribution in [0.1, 0.15) is 43.0 Å². The summed E-state index contributed by atoms with van der Waals surface area (Å²) in [5, 5.41) is 6.06. The highest BCUT2D eigenvalue weighted by Gasteiger charge is 2.41. The number of carbonyl (C=O) groups is 1. The van der Waals surface area contributed by atoms with E-state index in [0.29, 0.717) is 11.0 Å². The summed E-state index contributed by atoms with van der Waals surface area (Å²) in [6.07, 6.45) is 8.17. The zero-order chi connectivity index (χ0) is 13.0. The molecule has 1 saturated carbocycles. The van der Waals surface area contributed by atoms with Gasteiger partial charge in [0.15, 0.2) is 0 Å². The number of carbonyl (C=O) groups excluding carboxylic acids is 1. The molecule has 1 amide bonds. The van der Waals surface area contributed by atoms with Gasteiger partial charge in [0.1, 0.15) is 0 Å². The molecule has 2 rings (SSSR count). The molecule has 18 heavy (non-hydrogen) atoms. The maximum Gasteiger partial charge on any atom is 0.254 e. The fourth-order valence-corrected chi connectivity index (χ4v) is 2.38. The van der Waals surface area contributed by atoms with Gasteiger partial charge >= 0.3 is 0 Å². The molecule has 0 aliphatic heterocycles. The largest absolute Gasteiger partial charge is 0.387 e. The minimum absolute atomic E-state index is 0.0326. The molecule has 0 unspecified atom stereocenters. The highest BCUT2D eigenvalue weighted by Crippen LogP contribution is 2.48. The van der Waals surface area contributed by atoms with Crippen LogP contribution in [0.25, 0.3) is 0 Å². The Labute approximate surface area is 108 Å². The first kappa shape index (κ1) is 12.9. The monoisotopic (exact) mass is 247 g/mol. The average molecular weight is 247 g/mol. The standard InChI is InChI=1S/C14H21N3O/c1-3-5-14(6-7-14)10-17-13(18)11-9-16-8-4-12(11)15-2/h4,8-9H,3,5-7,10H2,1-2H3,(H,15,16)(H,17,18). The van der Waals surface area contributed by atoms with Crippen LogP contribution in [0.15, 0.2) is 18.5 Å². The van der Waals surface area contributed by atoms with Gasteiger partial charge in [0.2, 0.25) is 0 Å². The Balaban J connectivity index is 1.96. The van der Waals surface area contributed by atoms with Gasteiger partial charge in [-0.05, 0) is 30.7 Å². The zero-order valence-electron chi connectivity index (χ0n) is 11.1. The number of aromatic nitrogens is 1. The number of amides is 1. The second-order valence-electron chi connectivity index (χ2n) is 5.10. The summed E-state index contributed by atoms with van der Waals surface area (Å²) in [6.45, 7) is 2.99. The first-order valence-corrected chi connectivity index (χ1v) is 6.61. The van der Waals surface area contributed by atoms with Crippen LogP contribution in [-0.4, -0.2) is 24.5 Å². The fraction of sp³-hybridized carbons (Fsp3) is 0.571. The van der Waals surface area contributed by atoms with E-state index in [4.69, 9.17) is 0 Å². The number of rotatable bonds is 6. The van der Waals surface area contributed by atoms with E-state index in [1.165, 1.54) is 25.7 Å². The predicted molar refractivity (Wildman–Crippen MR) is 72.7 cm³/mol. The molecule has 1 heterocycles. The number of pyridine rings is 1. The molecule has 1 aliphatic carbocycles. The van der Waals surface area contributed by atoms with Crippen LogP contribution >= 0.6 is 0 Å². The van der Waals surface area contributed by atoms with Crippen molar-refractivity contribution in [2.24, 2.45) is 5.41 Å². The van der Waals surface area contributed by atoms with Crippen LogP contribution in [0, 0.1) is 5.41 Å².